The van der Waals surface area contributed by atoms with Crippen LogP contribution in [-0.2, 0) is 10.0 Å². The van der Waals surface area contributed by atoms with Crippen LogP contribution in [0.5, 0.6) is 0 Å². The molecule has 4 rings (SSSR count). The van der Waals surface area contributed by atoms with Crippen LogP contribution in [0.1, 0.15) is 23.5 Å². The first kappa shape index (κ1) is 21.6. The number of hydrogen-bond acceptors (Lipinski definition) is 6. The Morgan fingerprint density at radius 3 is 2.74 bits per heavy atom. The van der Waals surface area contributed by atoms with Gasteiger partial charge in [-0.05, 0) is 54.5 Å². The highest BCUT2D eigenvalue weighted by molar-refractivity contribution is 7.88. The number of nitrogens with one attached hydrogen (secondary N) is 1. The summed E-state index contributed by atoms with van der Waals surface area (Å²) in [6.07, 6.45) is 2.74. The molecule has 0 saturated carbocycles. The fourth-order valence-corrected chi connectivity index (χ4v) is 4.79. The fourth-order valence-electron chi connectivity index (χ4n) is 3.56. The van der Waals surface area contributed by atoms with Crippen LogP contribution < -0.4 is 4.72 Å². The molecule has 0 radical (unpaired) electrons. The summed E-state index contributed by atoms with van der Waals surface area (Å²) in [6.45, 7) is 1.29. The van der Waals surface area contributed by atoms with Gasteiger partial charge in [0, 0.05) is 19.6 Å². The number of carbonyl (C=O) groups excluding carboxylic acids is 1. The molecule has 1 atom stereocenters. The number of amides is 1. The smallest absolute Gasteiger partial charge is 0.293 e. The predicted molar refractivity (Wildman–Crippen MR) is 116 cm³/mol. The minimum absolute atomic E-state index is 0.0309. The van der Waals surface area contributed by atoms with Crippen LogP contribution in [-0.4, -0.2) is 59.9 Å². The molecule has 0 aliphatic carbocycles. The lowest BCUT2D eigenvalue weighted by Gasteiger charge is -2.32. The van der Waals surface area contributed by atoms with Crippen LogP contribution in [0, 0.1) is 11.7 Å². The van der Waals surface area contributed by atoms with Gasteiger partial charge in [-0.1, -0.05) is 6.07 Å². The Morgan fingerprint density at radius 1 is 1.29 bits per heavy atom. The number of nitrogens with zero attached hydrogens (tertiary/aromatic N) is 4. The molecule has 1 unspecified atom stereocenters. The fraction of sp³-hybridized carbons (Fsp3) is 0.350. The van der Waals surface area contributed by atoms with Crippen molar-refractivity contribution in [2.45, 2.75) is 12.8 Å². The second-order valence-corrected chi connectivity index (χ2v) is 10.3. The van der Waals surface area contributed by atoms with Gasteiger partial charge in [0.25, 0.3) is 5.91 Å². The summed E-state index contributed by atoms with van der Waals surface area (Å²) in [6, 6.07) is 9.61. The number of rotatable bonds is 6. The second kappa shape index (κ2) is 8.85. The average molecular weight is 464 g/mol. The molecule has 3 aromatic rings. The number of sulfonamides is 1. The molecule has 31 heavy (non-hydrogen) atoms. The molecule has 1 saturated heterocycles. The van der Waals surface area contributed by atoms with Crippen LogP contribution in [0.3, 0.4) is 0 Å². The molecule has 0 spiro atoms. The van der Waals surface area contributed by atoms with Crippen molar-refractivity contribution in [3.8, 4) is 16.4 Å². The first-order chi connectivity index (χ1) is 14.8. The van der Waals surface area contributed by atoms with Crippen molar-refractivity contribution in [1.82, 2.24) is 24.4 Å². The van der Waals surface area contributed by atoms with E-state index >= 15 is 0 Å². The SMILES string of the molecule is CS(=O)(=O)NCC1CCCN(C(=O)c2nc(-c3cccs3)n(-c3ccc(F)cc3)n2)C1. The van der Waals surface area contributed by atoms with Crippen LogP contribution in [0.4, 0.5) is 4.39 Å². The van der Waals surface area contributed by atoms with E-state index < -0.39 is 10.0 Å². The van der Waals surface area contributed by atoms with E-state index in [1.54, 1.807) is 21.7 Å². The number of benzene rings is 1. The molecule has 0 bridgehead atoms. The molecule has 1 aromatic carbocycles. The Bertz CT molecular complexity index is 1160. The average Bonchev–Trinajstić information content (AvgIpc) is 3.42. The largest absolute Gasteiger partial charge is 0.336 e. The number of piperidine rings is 1. The maximum absolute atomic E-state index is 13.4. The van der Waals surface area contributed by atoms with Gasteiger partial charge in [0.2, 0.25) is 15.8 Å². The van der Waals surface area contributed by atoms with Crippen molar-refractivity contribution in [3.05, 3.63) is 53.4 Å². The number of aromatic nitrogens is 3. The summed E-state index contributed by atoms with van der Waals surface area (Å²) in [5, 5.41) is 6.35. The summed E-state index contributed by atoms with van der Waals surface area (Å²) in [5.74, 6) is -0.0623. The highest BCUT2D eigenvalue weighted by Crippen LogP contribution is 2.26. The van der Waals surface area contributed by atoms with E-state index in [4.69, 9.17) is 0 Å². The van der Waals surface area contributed by atoms with Gasteiger partial charge in [-0.15, -0.1) is 16.4 Å². The van der Waals surface area contributed by atoms with Gasteiger partial charge in [0.05, 0.1) is 16.8 Å². The van der Waals surface area contributed by atoms with Gasteiger partial charge in [0.15, 0.2) is 5.82 Å². The van der Waals surface area contributed by atoms with Gasteiger partial charge in [-0.25, -0.2) is 27.2 Å². The van der Waals surface area contributed by atoms with Crippen LogP contribution >= 0.6 is 11.3 Å². The van der Waals surface area contributed by atoms with E-state index in [0.29, 0.717) is 31.1 Å². The van der Waals surface area contributed by atoms with Crippen molar-refractivity contribution in [1.29, 1.82) is 0 Å². The number of halogens is 1. The number of thiophene rings is 1. The van der Waals surface area contributed by atoms with Gasteiger partial charge >= 0.3 is 0 Å². The molecule has 2 aromatic heterocycles. The van der Waals surface area contributed by atoms with E-state index in [1.165, 1.54) is 23.5 Å². The number of carbonyl (C=O) groups is 1. The zero-order chi connectivity index (χ0) is 22.0. The van der Waals surface area contributed by atoms with Crippen molar-refractivity contribution in [2.24, 2.45) is 5.92 Å². The highest BCUT2D eigenvalue weighted by Gasteiger charge is 2.28. The Morgan fingerprint density at radius 2 is 2.06 bits per heavy atom. The number of hydrogen-bond donors (Lipinski definition) is 1. The minimum Gasteiger partial charge on any atom is -0.336 e. The topological polar surface area (TPSA) is 97.2 Å². The van der Waals surface area contributed by atoms with E-state index in [9.17, 15) is 17.6 Å². The Hall–Kier alpha value is -2.63. The summed E-state index contributed by atoms with van der Waals surface area (Å²) >= 11 is 1.47. The molecule has 8 nitrogen and oxygen atoms in total. The van der Waals surface area contributed by atoms with Gasteiger partial charge in [0.1, 0.15) is 5.82 Å². The predicted octanol–water partition coefficient (Wildman–Crippen LogP) is 2.54. The van der Waals surface area contributed by atoms with E-state index in [0.717, 1.165) is 24.0 Å². The van der Waals surface area contributed by atoms with Gasteiger partial charge in [-0.3, -0.25) is 4.79 Å². The normalized spacial score (nSPS) is 17.1. The lowest BCUT2D eigenvalue weighted by atomic mass is 9.98. The van der Waals surface area contributed by atoms with Crippen molar-refractivity contribution >= 4 is 27.3 Å². The lowest BCUT2D eigenvalue weighted by Crippen LogP contribution is -2.43. The van der Waals surface area contributed by atoms with Crippen LogP contribution in [0.15, 0.2) is 41.8 Å². The molecular formula is C20H22FN5O3S2. The first-order valence-electron chi connectivity index (χ1n) is 9.81. The van der Waals surface area contributed by atoms with Gasteiger partial charge in [-0.2, -0.15) is 0 Å². The Kier molecular flexibility index (Phi) is 6.17. The Balaban J connectivity index is 1.59. The summed E-state index contributed by atoms with van der Waals surface area (Å²) in [4.78, 5) is 20.2. The minimum atomic E-state index is -3.28. The van der Waals surface area contributed by atoms with Crippen molar-refractivity contribution in [2.75, 3.05) is 25.9 Å². The van der Waals surface area contributed by atoms with Gasteiger partial charge < -0.3 is 4.90 Å². The van der Waals surface area contributed by atoms with Crippen LogP contribution in [0.25, 0.3) is 16.4 Å². The number of likely N-dealkylation sites (tertiary alicyclic amines) is 1. The quantitative estimate of drug-likeness (QED) is 0.606. The lowest BCUT2D eigenvalue weighted by molar-refractivity contribution is 0.0664. The van der Waals surface area contributed by atoms with E-state index in [2.05, 4.69) is 14.8 Å². The van der Waals surface area contributed by atoms with E-state index in [-0.39, 0.29) is 23.5 Å². The third kappa shape index (κ3) is 5.17. The molecule has 3 heterocycles. The zero-order valence-electron chi connectivity index (χ0n) is 16.9. The monoisotopic (exact) mass is 463 g/mol. The third-order valence-electron chi connectivity index (χ3n) is 5.05. The summed E-state index contributed by atoms with van der Waals surface area (Å²) < 4.78 is 40.2. The second-order valence-electron chi connectivity index (χ2n) is 7.50. The third-order valence-corrected chi connectivity index (χ3v) is 6.61. The van der Waals surface area contributed by atoms with E-state index in [1.807, 2.05) is 17.5 Å². The van der Waals surface area contributed by atoms with Crippen molar-refractivity contribution < 1.29 is 17.6 Å². The van der Waals surface area contributed by atoms with Crippen LogP contribution in [0.2, 0.25) is 0 Å². The summed E-state index contributed by atoms with van der Waals surface area (Å²) in [7, 11) is -3.28. The Labute approximate surface area is 183 Å². The van der Waals surface area contributed by atoms with Crippen molar-refractivity contribution in [3.63, 3.8) is 0 Å². The zero-order valence-corrected chi connectivity index (χ0v) is 18.5. The first-order valence-corrected chi connectivity index (χ1v) is 12.6. The molecular weight excluding hydrogens is 441 g/mol. The molecule has 164 valence electrons. The molecule has 1 N–H and O–H groups in total. The molecule has 1 amide bonds. The summed E-state index contributed by atoms with van der Waals surface area (Å²) in [5.41, 5.74) is 0.602. The highest BCUT2D eigenvalue weighted by atomic mass is 32.2. The molecule has 11 heteroatoms. The molecule has 1 aliphatic rings. The molecule has 1 fully saturated rings. The standard InChI is InChI=1S/C20H22FN5O3S2/c1-31(28,29)22-12-14-4-2-10-25(13-14)20(27)18-23-19(17-5-3-11-30-17)26(24-18)16-8-6-15(21)7-9-16/h3,5-9,11,14,22H,2,4,10,12-13H2,1H3. The maximum Gasteiger partial charge on any atom is 0.293 e. The molecule has 1 aliphatic heterocycles. The maximum atomic E-state index is 13.4.